The van der Waals surface area contributed by atoms with E-state index in [4.69, 9.17) is 37.0 Å². The highest BCUT2D eigenvalue weighted by Gasteiger charge is 2.30. The normalized spacial score (nSPS) is 14.9. The molecule has 5 unspecified atom stereocenters. The summed E-state index contributed by atoms with van der Waals surface area (Å²) in [7, 11) is -10.0. The van der Waals surface area contributed by atoms with E-state index >= 15 is 0 Å². The summed E-state index contributed by atoms with van der Waals surface area (Å²) in [5.74, 6) is -2.41. The van der Waals surface area contributed by atoms with Crippen molar-refractivity contribution in [1.29, 1.82) is 0 Å². The van der Waals surface area contributed by atoms with Gasteiger partial charge in [-0.1, -0.05) is 243 Å². The fraction of sp³-hybridized carbons (Fsp3) is 0.620. The lowest BCUT2D eigenvalue weighted by Gasteiger charge is -2.21. The molecule has 3 N–H and O–H groups in total. The largest absolute Gasteiger partial charge is 0.472 e. The highest BCUT2D eigenvalue weighted by molar-refractivity contribution is 7.47. The van der Waals surface area contributed by atoms with Crippen molar-refractivity contribution < 1.29 is 80.2 Å². The second kappa shape index (κ2) is 70.1. The van der Waals surface area contributed by atoms with Gasteiger partial charge in [0.2, 0.25) is 0 Å². The molecule has 0 saturated carbocycles. The minimum atomic E-state index is -5.01. The van der Waals surface area contributed by atoms with Crippen LogP contribution in [0.5, 0.6) is 0 Å². The number of esters is 4. The quantitative estimate of drug-likeness (QED) is 0.0169. The molecule has 0 saturated heterocycles. The smallest absolute Gasteiger partial charge is 0.462 e. The van der Waals surface area contributed by atoms with Gasteiger partial charge in [-0.05, 0) is 148 Å². The third kappa shape index (κ3) is 69.2. The standard InChI is InChI=1S/C79H128O17P2/c1-5-9-13-17-21-25-29-33-36-40-43-47-51-55-59-63-76(81)89-69-74(95-78(83)65-61-57-53-49-45-39-32-28-24-20-16-12-8-4)71-93-97(85,86)91-67-73(80)68-92-98(87,88)94-72-75(96-79(84)66-62-58-54-50-46-42-38-35-31-27-23-19-15-11-7-3)70-90-77(82)64-60-56-52-48-44-41-37-34-30-26-22-18-14-10-6-2/h9-11,13-15,21-23,25-28,32-38,44,46,48,50,56,60,73-75,80H,5-8,12,16-20,24,29-31,39-43,45,47,49,51-55,57-59,61-72H2,1-4H3,(H,85,86)(H,87,88)/b13-9-,14-10-,15-11-,25-21-,26-22-,27-23-,32-28-,36-33-,37-34-,38-35-,48-44-,50-46-,60-56-. The van der Waals surface area contributed by atoms with Gasteiger partial charge in [-0.25, -0.2) is 9.13 Å². The Bertz CT molecular complexity index is 2480. The van der Waals surface area contributed by atoms with Crippen LogP contribution >= 0.6 is 15.6 Å². The maximum absolute atomic E-state index is 13.1. The van der Waals surface area contributed by atoms with Crippen molar-refractivity contribution in [2.24, 2.45) is 0 Å². The van der Waals surface area contributed by atoms with E-state index in [1.165, 1.54) is 25.7 Å². The Labute approximate surface area is 591 Å². The van der Waals surface area contributed by atoms with E-state index in [2.05, 4.69) is 155 Å². The van der Waals surface area contributed by atoms with Crippen LogP contribution in [-0.4, -0.2) is 96.7 Å². The van der Waals surface area contributed by atoms with Crippen molar-refractivity contribution in [2.75, 3.05) is 39.6 Å². The second-order valence-corrected chi connectivity index (χ2v) is 26.7. The Kier molecular flexibility index (Phi) is 66.3. The van der Waals surface area contributed by atoms with Crippen molar-refractivity contribution in [3.63, 3.8) is 0 Å². The van der Waals surface area contributed by atoms with Crippen LogP contribution in [0.2, 0.25) is 0 Å². The summed E-state index contributed by atoms with van der Waals surface area (Å²) in [6.45, 7) is 4.29. The summed E-state index contributed by atoms with van der Waals surface area (Å²) >= 11 is 0. The predicted molar refractivity (Wildman–Crippen MR) is 399 cm³/mol. The summed E-state index contributed by atoms with van der Waals surface area (Å²) in [6.07, 6.45) is 80.0. The maximum atomic E-state index is 13.1. The summed E-state index contributed by atoms with van der Waals surface area (Å²) in [5.41, 5.74) is 0. The zero-order valence-electron chi connectivity index (χ0n) is 60.4. The van der Waals surface area contributed by atoms with Crippen LogP contribution in [0.15, 0.2) is 158 Å². The first kappa shape index (κ1) is 92.7. The average Bonchev–Trinajstić information content (AvgIpc) is 1.04. The lowest BCUT2D eigenvalue weighted by atomic mass is 10.1. The van der Waals surface area contributed by atoms with Gasteiger partial charge in [0.05, 0.1) is 32.8 Å². The summed E-state index contributed by atoms with van der Waals surface area (Å²) < 4.78 is 68.2. The fourth-order valence-electron chi connectivity index (χ4n) is 9.00. The van der Waals surface area contributed by atoms with E-state index in [1.807, 2.05) is 24.3 Å². The van der Waals surface area contributed by atoms with E-state index in [0.717, 1.165) is 148 Å². The molecule has 0 fully saturated rings. The zero-order chi connectivity index (χ0) is 71.8. The van der Waals surface area contributed by atoms with E-state index < -0.39 is 97.5 Å². The second-order valence-electron chi connectivity index (χ2n) is 23.8. The first-order valence-electron chi connectivity index (χ1n) is 36.7. The predicted octanol–water partition coefficient (Wildman–Crippen LogP) is 20.9. The van der Waals surface area contributed by atoms with Crippen molar-refractivity contribution in [2.45, 2.75) is 277 Å². The third-order valence-corrected chi connectivity index (χ3v) is 16.4. The van der Waals surface area contributed by atoms with Crippen LogP contribution in [0.1, 0.15) is 259 Å². The summed E-state index contributed by atoms with van der Waals surface area (Å²) in [6, 6.07) is 0. The molecule has 0 aliphatic rings. The molecule has 556 valence electrons. The molecule has 0 aliphatic carbocycles. The van der Waals surface area contributed by atoms with Gasteiger partial charge in [0, 0.05) is 19.3 Å². The number of aliphatic hydroxyl groups is 1. The van der Waals surface area contributed by atoms with Gasteiger partial charge in [0.25, 0.3) is 0 Å². The number of carbonyl (C=O) groups is 4. The van der Waals surface area contributed by atoms with Gasteiger partial charge < -0.3 is 33.8 Å². The van der Waals surface area contributed by atoms with Crippen LogP contribution < -0.4 is 0 Å². The number of aliphatic hydroxyl groups excluding tert-OH is 1. The molecule has 0 rings (SSSR count). The van der Waals surface area contributed by atoms with Gasteiger partial charge >= 0.3 is 39.5 Å². The number of hydrogen-bond donors (Lipinski definition) is 3. The number of rotatable bonds is 67. The number of carbonyl (C=O) groups excluding carboxylic acids is 4. The summed E-state index contributed by atoms with van der Waals surface area (Å²) in [4.78, 5) is 72.7. The first-order valence-corrected chi connectivity index (χ1v) is 39.7. The van der Waals surface area contributed by atoms with Crippen molar-refractivity contribution in [3.05, 3.63) is 158 Å². The Balaban J connectivity index is 5.48. The Morgan fingerprint density at radius 1 is 0.306 bits per heavy atom. The molecule has 0 radical (unpaired) electrons. The topological polar surface area (TPSA) is 237 Å². The zero-order valence-corrected chi connectivity index (χ0v) is 62.2. The van der Waals surface area contributed by atoms with E-state index in [1.54, 1.807) is 6.08 Å². The number of ether oxygens (including phenoxy) is 4. The van der Waals surface area contributed by atoms with Crippen LogP contribution in [-0.2, 0) is 65.4 Å². The highest BCUT2D eigenvalue weighted by Crippen LogP contribution is 2.45. The van der Waals surface area contributed by atoms with Crippen molar-refractivity contribution in [1.82, 2.24) is 0 Å². The van der Waals surface area contributed by atoms with Crippen LogP contribution in [0.25, 0.3) is 0 Å². The molecule has 98 heavy (non-hydrogen) atoms. The SMILES string of the molecule is CC/C=C\C/C=C\C/C=C\C/C=C\C/C=C\CC(=O)OCC(COP(=O)(O)OCC(O)COP(=O)(O)OCC(COC(=O)CCCCCCC/C=C\C/C=C\C/C=C\CC)OC(=O)CCCCCCC/C=C\CCCCCC)OC(=O)CCCC/C=C\C/C=C\C/C=C\C/C=C\CC. The Hall–Kier alpha value is -5.32. The molecule has 0 aromatic heterocycles. The monoisotopic (exact) mass is 1410 g/mol. The van der Waals surface area contributed by atoms with E-state index in [0.29, 0.717) is 32.1 Å². The Morgan fingerprint density at radius 2 is 0.571 bits per heavy atom. The molecule has 17 nitrogen and oxygen atoms in total. The van der Waals surface area contributed by atoms with Crippen LogP contribution in [0, 0.1) is 0 Å². The molecule has 0 amide bonds. The molecule has 0 aromatic rings. The van der Waals surface area contributed by atoms with Crippen molar-refractivity contribution >= 4 is 39.5 Å². The number of unbranched alkanes of at least 4 members (excludes halogenated alkanes) is 16. The van der Waals surface area contributed by atoms with Crippen molar-refractivity contribution in [3.8, 4) is 0 Å². The van der Waals surface area contributed by atoms with Gasteiger partial charge in [0.15, 0.2) is 12.2 Å². The number of phosphoric acid groups is 2. The van der Waals surface area contributed by atoms with E-state index in [9.17, 15) is 43.2 Å². The van der Waals surface area contributed by atoms with Gasteiger partial charge in [-0.2, -0.15) is 0 Å². The average molecular weight is 1410 g/mol. The highest BCUT2D eigenvalue weighted by atomic mass is 31.2. The molecule has 0 aromatic carbocycles. The number of hydrogen-bond acceptors (Lipinski definition) is 15. The van der Waals surface area contributed by atoms with E-state index in [-0.39, 0.29) is 25.7 Å². The molecule has 0 spiro atoms. The molecule has 5 atom stereocenters. The number of allylic oxidation sites excluding steroid dienone is 25. The van der Waals surface area contributed by atoms with Crippen LogP contribution in [0.4, 0.5) is 0 Å². The molecule has 0 bridgehead atoms. The maximum Gasteiger partial charge on any atom is 0.472 e. The molecular formula is C79H128O17P2. The minimum absolute atomic E-state index is 0.0174. The van der Waals surface area contributed by atoms with Gasteiger partial charge in [0.1, 0.15) is 19.3 Å². The van der Waals surface area contributed by atoms with Crippen LogP contribution in [0.3, 0.4) is 0 Å². The van der Waals surface area contributed by atoms with Gasteiger partial charge in [-0.15, -0.1) is 0 Å². The minimum Gasteiger partial charge on any atom is -0.462 e. The molecular weight excluding hydrogens is 1280 g/mol. The third-order valence-electron chi connectivity index (χ3n) is 14.5. The van der Waals surface area contributed by atoms with Gasteiger partial charge in [-0.3, -0.25) is 37.3 Å². The first-order chi connectivity index (χ1) is 47.7. The lowest BCUT2D eigenvalue weighted by molar-refractivity contribution is -0.161. The molecule has 19 heteroatoms. The number of phosphoric ester groups is 2. The lowest BCUT2D eigenvalue weighted by Crippen LogP contribution is -2.30. The molecule has 0 heterocycles. The Morgan fingerprint density at radius 3 is 0.939 bits per heavy atom. The summed E-state index contributed by atoms with van der Waals surface area (Å²) in [5, 5.41) is 10.6. The molecule has 0 aliphatic heterocycles. The fourth-order valence-corrected chi connectivity index (χ4v) is 10.6.